The number of aromatic nitrogens is 1. The Labute approximate surface area is 169 Å². The highest BCUT2D eigenvalue weighted by Crippen LogP contribution is 2.24. The topological polar surface area (TPSA) is 52.0 Å². The van der Waals surface area contributed by atoms with Crippen molar-refractivity contribution in [2.24, 2.45) is 10.1 Å². The van der Waals surface area contributed by atoms with Crippen LogP contribution in [0.2, 0.25) is 0 Å². The lowest BCUT2D eigenvalue weighted by atomic mass is 9.96. The maximum absolute atomic E-state index is 5.64. The van der Waals surface area contributed by atoms with Crippen LogP contribution in [0.5, 0.6) is 5.75 Å². The minimum atomic E-state index is 0.392. The third-order valence-electron chi connectivity index (χ3n) is 5.00. The Morgan fingerprint density at radius 1 is 1.11 bits per heavy atom. The van der Waals surface area contributed by atoms with Crippen LogP contribution in [0.3, 0.4) is 0 Å². The first kappa shape index (κ1) is 18.7. The van der Waals surface area contributed by atoms with Gasteiger partial charge in [0.2, 0.25) is 4.80 Å². The molecular formula is C22H25N3O2S. The molecule has 1 aliphatic carbocycles. The van der Waals surface area contributed by atoms with Gasteiger partial charge < -0.3 is 9.15 Å². The highest BCUT2D eigenvalue weighted by molar-refractivity contribution is 7.07. The van der Waals surface area contributed by atoms with Gasteiger partial charge in [0.1, 0.15) is 17.3 Å². The summed E-state index contributed by atoms with van der Waals surface area (Å²) in [4.78, 5) is 5.96. The van der Waals surface area contributed by atoms with Crippen molar-refractivity contribution in [2.45, 2.75) is 45.1 Å². The van der Waals surface area contributed by atoms with Crippen molar-refractivity contribution < 1.29 is 9.15 Å². The van der Waals surface area contributed by atoms with E-state index < -0.39 is 0 Å². The molecule has 1 saturated carbocycles. The second kappa shape index (κ2) is 8.61. The summed E-state index contributed by atoms with van der Waals surface area (Å²) in [5.74, 6) is 2.45. The fourth-order valence-corrected chi connectivity index (χ4v) is 4.37. The number of ether oxygens (including phenoxy) is 1. The van der Waals surface area contributed by atoms with E-state index in [4.69, 9.17) is 19.2 Å². The molecule has 1 aliphatic rings. The zero-order valence-corrected chi connectivity index (χ0v) is 17.1. The first-order valence-corrected chi connectivity index (χ1v) is 10.6. The zero-order chi connectivity index (χ0) is 19.3. The van der Waals surface area contributed by atoms with Gasteiger partial charge in [0.05, 0.1) is 25.1 Å². The lowest BCUT2D eigenvalue weighted by Gasteiger charge is -2.16. The molecule has 146 valence electrons. The number of thiazole rings is 1. The first-order valence-electron chi connectivity index (χ1n) is 9.72. The van der Waals surface area contributed by atoms with Gasteiger partial charge in [0, 0.05) is 10.9 Å². The van der Waals surface area contributed by atoms with E-state index >= 15 is 0 Å². The summed E-state index contributed by atoms with van der Waals surface area (Å²) in [6, 6.07) is 12.3. The number of hydrogen-bond acceptors (Lipinski definition) is 5. The normalized spacial score (nSPS) is 16.1. The second-order valence-corrected chi connectivity index (χ2v) is 7.89. The molecule has 1 fully saturated rings. The molecule has 0 radical (unpaired) electrons. The molecule has 0 bridgehead atoms. The highest BCUT2D eigenvalue weighted by atomic mass is 32.1. The van der Waals surface area contributed by atoms with E-state index in [1.54, 1.807) is 24.7 Å². The van der Waals surface area contributed by atoms with E-state index in [0.717, 1.165) is 46.2 Å². The van der Waals surface area contributed by atoms with Gasteiger partial charge in [-0.25, -0.2) is 4.68 Å². The van der Waals surface area contributed by atoms with Crippen molar-refractivity contribution in [3.63, 3.8) is 0 Å². The Hall–Kier alpha value is -2.60. The third-order valence-corrected chi connectivity index (χ3v) is 5.83. The predicted molar refractivity (Wildman–Crippen MR) is 113 cm³/mol. The van der Waals surface area contributed by atoms with E-state index in [-0.39, 0.29) is 0 Å². The van der Waals surface area contributed by atoms with Gasteiger partial charge in [-0.1, -0.05) is 19.3 Å². The fraction of sp³-hybridized carbons (Fsp3) is 0.364. The number of nitrogens with zero attached hydrogens (tertiary/aromatic N) is 3. The monoisotopic (exact) mass is 395 g/mol. The third kappa shape index (κ3) is 4.28. The number of hydrogen-bond donors (Lipinski definition) is 0. The molecule has 3 aromatic rings. The molecule has 0 N–H and O–H groups in total. The smallest absolute Gasteiger partial charge is 0.206 e. The predicted octanol–water partition coefficient (Wildman–Crippen LogP) is 5.24. The van der Waals surface area contributed by atoms with Crippen LogP contribution >= 0.6 is 11.3 Å². The molecule has 0 spiro atoms. The number of benzene rings is 1. The maximum atomic E-state index is 5.64. The maximum Gasteiger partial charge on any atom is 0.206 e. The average molecular weight is 396 g/mol. The summed E-state index contributed by atoms with van der Waals surface area (Å²) in [6.07, 6.45) is 7.93. The molecule has 5 nitrogen and oxygen atoms in total. The van der Waals surface area contributed by atoms with Crippen LogP contribution < -0.4 is 9.54 Å². The van der Waals surface area contributed by atoms with Crippen LogP contribution in [-0.4, -0.2) is 24.0 Å². The molecule has 0 unspecified atom stereocenters. The summed E-state index contributed by atoms with van der Waals surface area (Å²) < 4.78 is 12.9. The summed E-state index contributed by atoms with van der Waals surface area (Å²) in [7, 11) is 1.68. The van der Waals surface area contributed by atoms with E-state index in [1.165, 1.54) is 19.3 Å². The van der Waals surface area contributed by atoms with Crippen molar-refractivity contribution in [1.82, 2.24) is 4.68 Å². The van der Waals surface area contributed by atoms with Crippen molar-refractivity contribution in [3.05, 3.63) is 58.1 Å². The molecule has 0 atom stereocenters. The largest absolute Gasteiger partial charge is 0.497 e. The minimum absolute atomic E-state index is 0.392. The Bertz CT molecular complexity index is 1010. The van der Waals surface area contributed by atoms with Crippen molar-refractivity contribution in [3.8, 4) is 17.0 Å². The zero-order valence-electron chi connectivity index (χ0n) is 16.3. The first-order chi connectivity index (χ1) is 13.7. The Morgan fingerprint density at radius 3 is 2.57 bits per heavy atom. The van der Waals surface area contributed by atoms with Gasteiger partial charge in [-0.3, -0.25) is 4.99 Å². The Kier molecular flexibility index (Phi) is 5.76. The van der Waals surface area contributed by atoms with Gasteiger partial charge in [-0.2, -0.15) is 5.10 Å². The number of aryl methyl sites for hydroxylation is 1. The molecule has 28 heavy (non-hydrogen) atoms. The van der Waals surface area contributed by atoms with E-state index in [0.29, 0.717) is 6.04 Å². The molecule has 0 aliphatic heterocycles. The van der Waals surface area contributed by atoms with Crippen LogP contribution in [0, 0.1) is 6.92 Å². The van der Waals surface area contributed by atoms with E-state index in [1.807, 2.05) is 48.0 Å². The van der Waals surface area contributed by atoms with Crippen molar-refractivity contribution in [2.75, 3.05) is 7.11 Å². The summed E-state index contributed by atoms with van der Waals surface area (Å²) in [5, 5.41) is 6.84. The standard InChI is InChI=1S/C22H25N3O2S/c1-16-8-11-20(27-16)14-23-25-21(17-9-12-19(26-2)13-10-17)15-28-22(25)24-18-6-4-3-5-7-18/h8-15,18H,3-7H2,1-2H3. The Balaban J connectivity index is 1.74. The van der Waals surface area contributed by atoms with Crippen LogP contribution in [0.15, 0.2) is 56.3 Å². The number of rotatable bonds is 5. The molecule has 0 saturated heterocycles. The summed E-state index contributed by atoms with van der Waals surface area (Å²) in [5.41, 5.74) is 2.09. The summed E-state index contributed by atoms with van der Waals surface area (Å²) >= 11 is 1.64. The minimum Gasteiger partial charge on any atom is -0.497 e. The van der Waals surface area contributed by atoms with Gasteiger partial charge in [-0.05, 0) is 56.2 Å². The average Bonchev–Trinajstić information content (AvgIpc) is 3.33. The van der Waals surface area contributed by atoms with Crippen LogP contribution in [-0.2, 0) is 0 Å². The van der Waals surface area contributed by atoms with Crippen LogP contribution in [0.1, 0.15) is 43.6 Å². The summed E-state index contributed by atoms with van der Waals surface area (Å²) in [6.45, 7) is 1.93. The highest BCUT2D eigenvalue weighted by Gasteiger charge is 2.14. The molecule has 0 amide bonds. The molecule has 2 heterocycles. The SMILES string of the molecule is COc1ccc(-c2csc(=NC3CCCCC3)n2N=Cc2ccc(C)o2)cc1. The Morgan fingerprint density at radius 2 is 1.89 bits per heavy atom. The molecule has 4 rings (SSSR count). The van der Waals surface area contributed by atoms with Gasteiger partial charge in [-0.15, -0.1) is 11.3 Å². The van der Waals surface area contributed by atoms with Crippen LogP contribution in [0.25, 0.3) is 11.3 Å². The fourth-order valence-electron chi connectivity index (χ4n) is 3.46. The van der Waals surface area contributed by atoms with E-state index in [2.05, 4.69) is 5.38 Å². The van der Waals surface area contributed by atoms with E-state index in [9.17, 15) is 0 Å². The van der Waals surface area contributed by atoms with Crippen molar-refractivity contribution in [1.29, 1.82) is 0 Å². The molecule has 1 aromatic carbocycles. The lowest BCUT2D eigenvalue weighted by Crippen LogP contribution is -2.18. The molecule has 6 heteroatoms. The van der Waals surface area contributed by atoms with Crippen molar-refractivity contribution >= 4 is 17.6 Å². The molecular weight excluding hydrogens is 370 g/mol. The lowest BCUT2D eigenvalue weighted by molar-refractivity contribution is 0.415. The number of furan rings is 1. The van der Waals surface area contributed by atoms with Gasteiger partial charge in [0.25, 0.3) is 0 Å². The number of methoxy groups -OCH3 is 1. The quantitative estimate of drug-likeness (QED) is 0.555. The van der Waals surface area contributed by atoms with Gasteiger partial charge in [0.15, 0.2) is 0 Å². The van der Waals surface area contributed by atoms with Crippen LogP contribution in [0.4, 0.5) is 0 Å². The second-order valence-electron chi connectivity index (χ2n) is 7.06. The van der Waals surface area contributed by atoms with Gasteiger partial charge >= 0.3 is 0 Å². The molecule has 2 aromatic heterocycles.